The average Bonchev–Trinajstić information content (AvgIpc) is 2.43. The summed E-state index contributed by atoms with van der Waals surface area (Å²) in [7, 11) is 0. The second kappa shape index (κ2) is 4.71. The molecule has 3 aromatic rings. The van der Waals surface area contributed by atoms with Crippen molar-refractivity contribution in [1.29, 1.82) is 0 Å². The first-order chi connectivity index (χ1) is 9.69. The Morgan fingerprint density at radius 2 is 1.15 bits per heavy atom. The highest BCUT2D eigenvalue weighted by Gasteiger charge is 2.16. The molecule has 98 valence electrons. The molecule has 0 fully saturated rings. The first-order valence-corrected chi connectivity index (χ1v) is 8.26. The molecule has 0 unspecified atom stereocenters. The third-order valence-corrected chi connectivity index (χ3v) is 5.04. The fraction of sp³-hybridized carbons (Fsp3) is 0.111. The Morgan fingerprint density at radius 3 is 2.00 bits per heavy atom. The van der Waals surface area contributed by atoms with E-state index in [1.54, 1.807) is 0 Å². The molecule has 0 atom stereocenters. The minimum Gasteiger partial charge on any atom is -0.0573 e. The lowest BCUT2D eigenvalue weighted by atomic mass is 9.85. The first-order valence-electron chi connectivity index (χ1n) is 6.67. The molecular weight excluding hydrogens is 376 g/mol. The summed E-state index contributed by atoms with van der Waals surface area (Å²) in [5, 5.41) is 2.64. The van der Waals surface area contributed by atoms with Crippen LogP contribution >= 0.6 is 31.9 Å². The molecule has 0 spiro atoms. The van der Waals surface area contributed by atoms with Crippen molar-refractivity contribution in [2.45, 2.75) is 12.8 Å². The van der Waals surface area contributed by atoms with Crippen molar-refractivity contribution in [3.05, 3.63) is 79.7 Å². The molecule has 0 N–H and O–H groups in total. The van der Waals surface area contributed by atoms with Gasteiger partial charge in [0.15, 0.2) is 0 Å². The van der Waals surface area contributed by atoms with E-state index in [0.29, 0.717) is 0 Å². The quantitative estimate of drug-likeness (QED) is 0.354. The fourth-order valence-electron chi connectivity index (χ4n) is 3.03. The number of benzene rings is 3. The smallest absolute Gasteiger partial charge is 0.0181 e. The molecular formula is C18H12Br2. The van der Waals surface area contributed by atoms with Gasteiger partial charge in [-0.15, -0.1) is 0 Å². The monoisotopic (exact) mass is 386 g/mol. The molecule has 4 rings (SSSR count). The number of halogens is 2. The van der Waals surface area contributed by atoms with Gasteiger partial charge < -0.3 is 0 Å². The molecule has 0 radical (unpaired) electrons. The van der Waals surface area contributed by atoms with Crippen molar-refractivity contribution in [3.63, 3.8) is 0 Å². The van der Waals surface area contributed by atoms with Crippen LogP contribution in [0.4, 0.5) is 0 Å². The van der Waals surface area contributed by atoms with Gasteiger partial charge in [0.05, 0.1) is 0 Å². The molecule has 0 amide bonds. The van der Waals surface area contributed by atoms with Crippen molar-refractivity contribution < 1.29 is 0 Å². The highest BCUT2D eigenvalue weighted by atomic mass is 79.9. The summed E-state index contributed by atoms with van der Waals surface area (Å²) in [4.78, 5) is 0. The second-order valence-corrected chi connectivity index (χ2v) is 7.21. The summed E-state index contributed by atoms with van der Waals surface area (Å²) in [5.74, 6) is 0. The van der Waals surface area contributed by atoms with Crippen LogP contribution in [0.2, 0.25) is 0 Å². The van der Waals surface area contributed by atoms with E-state index in [4.69, 9.17) is 0 Å². The molecule has 0 heterocycles. The number of rotatable bonds is 0. The molecule has 0 aliphatic heterocycles. The topological polar surface area (TPSA) is 0 Å². The van der Waals surface area contributed by atoms with Crippen LogP contribution in [0.3, 0.4) is 0 Å². The van der Waals surface area contributed by atoms with Gasteiger partial charge in [0.25, 0.3) is 0 Å². The van der Waals surface area contributed by atoms with Gasteiger partial charge in [-0.3, -0.25) is 0 Å². The molecule has 0 bridgehead atoms. The maximum Gasteiger partial charge on any atom is 0.0181 e. The second-order valence-electron chi connectivity index (χ2n) is 5.38. The van der Waals surface area contributed by atoms with Gasteiger partial charge in [0, 0.05) is 8.95 Å². The van der Waals surface area contributed by atoms with E-state index < -0.39 is 0 Å². The molecule has 0 aromatic heterocycles. The Morgan fingerprint density at radius 1 is 0.550 bits per heavy atom. The molecule has 0 saturated heterocycles. The van der Waals surface area contributed by atoms with E-state index in [0.717, 1.165) is 17.3 Å². The number of fused-ring (bicyclic) bond motifs is 3. The van der Waals surface area contributed by atoms with Crippen molar-refractivity contribution in [2.24, 2.45) is 0 Å². The van der Waals surface area contributed by atoms with Gasteiger partial charge in [-0.05, 0) is 70.1 Å². The first kappa shape index (κ1) is 12.6. The third-order valence-electron chi connectivity index (χ3n) is 4.05. The molecule has 1 aliphatic rings. The van der Waals surface area contributed by atoms with E-state index in [1.807, 2.05) is 0 Å². The Kier molecular flexibility index (Phi) is 2.97. The average molecular weight is 388 g/mol. The summed E-state index contributed by atoms with van der Waals surface area (Å²) < 4.78 is 2.31. The van der Waals surface area contributed by atoms with E-state index in [9.17, 15) is 0 Å². The predicted octanol–water partition coefficient (Wildman–Crippen LogP) is 5.86. The van der Waals surface area contributed by atoms with E-state index >= 15 is 0 Å². The Labute approximate surface area is 135 Å². The lowest BCUT2D eigenvalue weighted by molar-refractivity contribution is 1.00. The number of hydrogen-bond acceptors (Lipinski definition) is 0. The maximum atomic E-state index is 3.57. The predicted molar refractivity (Wildman–Crippen MR) is 91.4 cm³/mol. The number of hydrogen-bond donors (Lipinski definition) is 0. The Balaban J connectivity index is 1.89. The minimum atomic E-state index is 1.04. The molecule has 3 aromatic carbocycles. The van der Waals surface area contributed by atoms with Crippen LogP contribution in [-0.2, 0) is 12.8 Å². The summed E-state index contributed by atoms with van der Waals surface area (Å²) >= 11 is 7.13. The summed E-state index contributed by atoms with van der Waals surface area (Å²) in [5.41, 5.74) is 5.83. The van der Waals surface area contributed by atoms with Crippen LogP contribution in [0, 0.1) is 0 Å². The van der Waals surface area contributed by atoms with Crippen LogP contribution in [0.15, 0.2) is 57.5 Å². The molecule has 1 aliphatic carbocycles. The third kappa shape index (κ3) is 2.11. The van der Waals surface area contributed by atoms with E-state index in [-0.39, 0.29) is 0 Å². The van der Waals surface area contributed by atoms with Gasteiger partial charge in [-0.1, -0.05) is 56.1 Å². The largest absolute Gasteiger partial charge is 0.0573 e. The SMILES string of the molecule is Brc1ccc2c(c1)Cc1cc3ccc(Br)cc3cc1C2. The lowest BCUT2D eigenvalue weighted by Crippen LogP contribution is -2.07. The maximum absolute atomic E-state index is 3.57. The van der Waals surface area contributed by atoms with E-state index in [1.165, 1.54) is 37.5 Å². The lowest BCUT2D eigenvalue weighted by Gasteiger charge is -2.20. The normalized spacial score (nSPS) is 13.1. The van der Waals surface area contributed by atoms with E-state index in [2.05, 4.69) is 80.4 Å². The molecule has 20 heavy (non-hydrogen) atoms. The molecule has 0 nitrogen and oxygen atoms in total. The Bertz CT molecular complexity index is 834. The van der Waals surface area contributed by atoms with Crippen molar-refractivity contribution in [2.75, 3.05) is 0 Å². The fourth-order valence-corrected chi connectivity index (χ4v) is 3.82. The minimum absolute atomic E-state index is 1.04. The highest BCUT2D eigenvalue weighted by Crippen LogP contribution is 2.32. The van der Waals surface area contributed by atoms with Gasteiger partial charge >= 0.3 is 0 Å². The van der Waals surface area contributed by atoms with Gasteiger partial charge in [-0.25, -0.2) is 0 Å². The summed E-state index contributed by atoms with van der Waals surface area (Å²) in [6.45, 7) is 0. The van der Waals surface area contributed by atoms with Crippen molar-refractivity contribution in [1.82, 2.24) is 0 Å². The van der Waals surface area contributed by atoms with Crippen molar-refractivity contribution >= 4 is 42.6 Å². The van der Waals surface area contributed by atoms with Crippen LogP contribution in [0.1, 0.15) is 22.3 Å². The molecule has 2 heteroatoms. The zero-order valence-electron chi connectivity index (χ0n) is 10.8. The zero-order chi connectivity index (χ0) is 13.7. The Hall–Kier alpha value is -1.12. The van der Waals surface area contributed by atoms with Gasteiger partial charge in [0.1, 0.15) is 0 Å². The van der Waals surface area contributed by atoms with Crippen LogP contribution in [-0.4, -0.2) is 0 Å². The van der Waals surface area contributed by atoms with Gasteiger partial charge in [-0.2, -0.15) is 0 Å². The van der Waals surface area contributed by atoms with Gasteiger partial charge in [0.2, 0.25) is 0 Å². The van der Waals surface area contributed by atoms with Crippen LogP contribution in [0.25, 0.3) is 10.8 Å². The summed E-state index contributed by atoms with van der Waals surface area (Å²) in [6, 6.07) is 17.8. The highest BCUT2D eigenvalue weighted by molar-refractivity contribution is 9.10. The molecule has 0 saturated carbocycles. The van der Waals surface area contributed by atoms with Crippen molar-refractivity contribution in [3.8, 4) is 0 Å². The standard InChI is InChI=1S/C18H12Br2/c19-17-3-1-11-5-13-8-16-10-18(20)4-2-12(16)6-14(13)7-15(11)9-17/h1-5,7,9-10H,6,8H2. The summed E-state index contributed by atoms with van der Waals surface area (Å²) in [6.07, 6.45) is 2.08. The van der Waals surface area contributed by atoms with Crippen LogP contribution < -0.4 is 0 Å². The zero-order valence-corrected chi connectivity index (χ0v) is 14.0. The van der Waals surface area contributed by atoms with Crippen LogP contribution in [0.5, 0.6) is 0 Å².